The van der Waals surface area contributed by atoms with Gasteiger partial charge in [0.2, 0.25) is 10.0 Å². The summed E-state index contributed by atoms with van der Waals surface area (Å²) in [4.78, 5) is 12.3. The first-order chi connectivity index (χ1) is 13.1. The van der Waals surface area contributed by atoms with E-state index < -0.39 is 30.1 Å². The van der Waals surface area contributed by atoms with Crippen LogP contribution in [0.1, 0.15) is 11.6 Å². The third-order valence-corrected chi connectivity index (χ3v) is 8.96. The number of carbonyl (C=O) groups excluding carboxylic acids is 1. The fourth-order valence-corrected chi connectivity index (χ4v) is 8.00. The molecule has 1 unspecified atom stereocenters. The molecule has 7 heteroatoms. The number of nitrogens with zero attached hydrogens (tertiary/aromatic N) is 1. The van der Waals surface area contributed by atoms with Crippen molar-refractivity contribution in [3.05, 3.63) is 59.7 Å². The first-order valence-electron chi connectivity index (χ1n) is 9.39. The van der Waals surface area contributed by atoms with Gasteiger partial charge in [-0.3, -0.25) is 0 Å². The second-order valence-electron chi connectivity index (χ2n) is 8.36. The van der Waals surface area contributed by atoms with E-state index in [2.05, 4.69) is 19.6 Å². The first-order valence-corrected chi connectivity index (χ1v) is 14.7. The smallest absolute Gasteiger partial charge is 0.335 e. The van der Waals surface area contributed by atoms with E-state index in [1.165, 1.54) is 11.4 Å². The number of benzene rings is 2. The topological polar surface area (TPSA) is 63.7 Å². The molecule has 28 heavy (non-hydrogen) atoms. The van der Waals surface area contributed by atoms with Gasteiger partial charge in [-0.15, -0.1) is 0 Å². The Morgan fingerprint density at radius 1 is 1.14 bits per heavy atom. The molecule has 150 valence electrons. The Bertz CT molecular complexity index is 1020. The summed E-state index contributed by atoms with van der Waals surface area (Å²) in [6, 6.07) is 13.8. The molecule has 0 fully saturated rings. The molecule has 0 spiro atoms. The zero-order valence-electron chi connectivity index (χ0n) is 16.8. The second-order valence-corrected chi connectivity index (χ2v) is 16.0. The van der Waals surface area contributed by atoms with Crippen molar-refractivity contribution in [3.8, 4) is 0 Å². The van der Waals surface area contributed by atoms with Gasteiger partial charge in [0.25, 0.3) is 0 Å². The predicted octanol–water partition coefficient (Wildman–Crippen LogP) is 3.96. The molecule has 5 nitrogen and oxygen atoms in total. The van der Waals surface area contributed by atoms with Crippen molar-refractivity contribution >= 4 is 34.8 Å². The van der Waals surface area contributed by atoms with Crippen LogP contribution in [0.2, 0.25) is 25.7 Å². The van der Waals surface area contributed by atoms with Gasteiger partial charge >= 0.3 is 5.97 Å². The van der Waals surface area contributed by atoms with Crippen LogP contribution in [0.4, 0.5) is 0 Å². The van der Waals surface area contributed by atoms with E-state index in [-0.39, 0.29) is 12.3 Å². The molecule has 0 aromatic heterocycles. The van der Waals surface area contributed by atoms with Gasteiger partial charge in [0, 0.05) is 14.6 Å². The van der Waals surface area contributed by atoms with Gasteiger partial charge in [-0.1, -0.05) is 62.1 Å². The summed E-state index contributed by atoms with van der Waals surface area (Å²) in [5, 5.41) is 2.08. The Morgan fingerprint density at radius 3 is 2.46 bits per heavy atom. The molecule has 0 saturated heterocycles. The van der Waals surface area contributed by atoms with E-state index >= 15 is 0 Å². The molecule has 1 atom stereocenters. The Morgan fingerprint density at radius 2 is 1.82 bits per heavy atom. The number of carbonyl (C=O) groups is 1. The maximum atomic E-state index is 13.1. The molecule has 1 aliphatic rings. The fraction of sp³-hybridized carbons (Fsp3) is 0.381. The largest absolute Gasteiger partial charge is 0.466 e. The zero-order valence-corrected chi connectivity index (χ0v) is 18.6. The number of esters is 1. The highest BCUT2D eigenvalue weighted by Crippen LogP contribution is 2.37. The lowest BCUT2D eigenvalue weighted by Gasteiger charge is -2.27. The summed E-state index contributed by atoms with van der Waals surface area (Å²) in [6.07, 6.45) is 1.68. The quantitative estimate of drug-likeness (QED) is 0.527. The van der Waals surface area contributed by atoms with Crippen LogP contribution < -0.4 is 0 Å². The molecule has 0 amide bonds. The minimum Gasteiger partial charge on any atom is -0.466 e. The van der Waals surface area contributed by atoms with E-state index in [4.69, 9.17) is 4.74 Å². The number of sulfonamides is 1. The van der Waals surface area contributed by atoms with Crippen LogP contribution in [0.15, 0.2) is 54.1 Å². The first kappa shape index (κ1) is 20.8. The lowest BCUT2D eigenvalue weighted by molar-refractivity contribution is -0.136. The molecule has 3 rings (SSSR count). The van der Waals surface area contributed by atoms with Gasteiger partial charge in [-0.25, -0.2) is 13.2 Å². The van der Waals surface area contributed by atoms with Crippen molar-refractivity contribution < 1.29 is 17.9 Å². The molecular formula is C21H27NO4SSi. The summed E-state index contributed by atoms with van der Waals surface area (Å²) in [6.45, 7) is 6.66. The second kappa shape index (κ2) is 7.81. The maximum absolute atomic E-state index is 13.1. The van der Waals surface area contributed by atoms with Crippen LogP contribution >= 0.6 is 0 Å². The summed E-state index contributed by atoms with van der Waals surface area (Å²) < 4.78 is 32.7. The van der Waals surface area contributed by atoms with Gasteiger partial charge in [0.05, 0.1) is 24.5 Å². The molecule has 2 aromatic rings. The Kier molecular flexibility index (Phi) is 5.79. The number of hydrogen-bond acceptors (Lipinski definition) is 4. The van der Waals surface area contributed by atoms with Crippen molar-refractivity contribution in [1.82, 2.24) is 4.31 Å². The molecule has 0 radical (unpaired) electrons. The summed E-state index contributed by atoms with van der Waals surface area (Å²) in [5.74, 6) is -0.379. The van der Waals surface area contributed by atoms with Crippen LogP contribution in [-0.2, 0) is 19.6 Å². The summed E-state index contributed by atoms with van der Waals surface area (Å²) in [5.41, 5.74) is 1.17. The van der Waals surface area contributed by atoms with Crippen LogP contribution in [0.5, 0.6) is 0 Å². The monoisotopic (exact) mass is 417 g/mol. The molecule has 1 aliphatic heterocycles. The highest BCUT2D eigenvalue weighted by atomic mass is 32.2. The van der Waals surface area contributed by atoms with Gasteiger partial charge < -0.3 is 4.74 Å². The third-order valence-electron chi connectivity index (χ3n) is 5.05. The molecule has 0 aliphatic carbocycles. The number of methoxy groups -OCH3 is 1. The zero-order chi connectivity index (χ0) is 20.5. The molecular weight excluding hydrogens is 390 g/mol. The van der Waals surface area contributed by atoms with Crippen molar-refractivity contribution in [3.63, 3.8) is 0 Å². The molecule has 0 N–H and O–H groups in total. The van der Waals surface area contributed by atoms with E-state index in [0.717, 1.165) is 16.3 Å². The summed E-state index contributed by atoms with van der Waals surface area (Å²) in [7, 11) is -3.70. The fourth-order valence-electron chi connectivity index (χ4n) is 3.42. The third kappa shape index (κ3) is 4.37. The Labute approximate surface area is 168 Å². The number of fused-ring (bicyclic) bond motifs is 1. The van der Waals surface area contributed by atoms with Crippen molar-refractivity contribution in [2.24, 2.45) is 0 Å². The van der Waals surface area contributed by atoms with Crippen LogP contribution in [0.25, 0.3) is 10.8 Å². The molecule has 0 bridgehead atoms. The molecule has 1 heterocycles. The SMILES string of the molecule is COC(=O)C1=CCN(S(=O)(=O)CC[Si](C)(C)C)C1c1ccc2ccccc2c1. The van der Waals surface area contributed by atoms with Crippen LogP contribution in [-0.4, -0.2) is 46.2 Å². The average Bonchev–Trinajstić information content (AvgIpc) is 3.11. The van der Waals surface area contributed by atoms with E-state index in [1.54, 1.807) is 6.08 Å². The Balaban J connectivity index is 2.02. The Hall–Kier alpha value is -1.96. The lowest BCUT2D eigenvalue weighted by Crippen LogP contribution is -2.37. The number of hydrogen-bond donors (Lipinski definition) is 0. The highest BCUT2D eigenvalue weighted by Gasteiger charge is 2.40. The van der Waals surface area contributed by atoms with E-state index in [0.29, 0.717) is 11.6 Å². The minimum atomic E-state index is -3.51. The maximum Gasteiger partial charge on any atom is 0.335 e. The van der Waals surface area contributed by atoms with Gasteiger partial charge in [0.15, 0.2) is 0 Å². The lowest BCUT2D eigenvalue weighted by atomic mass is 9.98. The number of ether oxygens (including phenoxy) is 1. The average molecular weight is 418 g/mol. The van der Waals surface area contributed by atoms with Gasteiger partial charge in [0.1, 0.15) is 0 Å². The van der Waals surface area contributed by atoms with E-state index in [9.17, 15) is 13.2 Å². The van der Waals surface area contributed by atoms with Crippen LogP contribution in [0.3, 0.4) is 0 Å². The highest BCUT2D eigenvalue weighted by molar-refractivity contribution is 7.89. The predicted molar refractivity (Wildman–Crippen MR) is 115 cm³/mol. The van der Waals surface area contributed by atoms with Gasteiger partial charge in [-0.05, 0) is 28.4 Å². The van der Waals surface area contributed by atoms with Crippen molar-refractivity contribution in [1.29, 1.82) is 0 Å². The standard InChI is InChI=1S/C21H27NO4SSi/c1-26-21(23)19-11-12-22(27(24,25)13-14-28(2,3)4)20(19)18-10-9-16-7-5-6-8-17(16)15-18/h5-11,15,20H,12-14H2,1-4H3. The van der Waals surface area contributed by atoms with Gasteiger partial charge in [-0.2, -0.15) is 4.31 Å². The minimum absolute atomic E-state index is 0.106. The molecule has 0 saturated carbocycles. The molecule has 2 aromatic carbocycles. The van der Waals surface area contributed by atoms with Crippen molar-refractivity contribution in [2.75, 3.05) is 19.4 Å². The normalized spacial score (nSPS) is 18.3. The summed E-state index contributed by atoms with van der Waals surface area (Å²) >= 11 is 0. The van der Waals surface area contributed by atoms with E-state index in [1.807, 2.05) is 42.5 Å². The number of rotatable bonds is 6. The van der Waals surface area contributed by atoms with Crippen LogP contribution in [0, 0.1) is 0 Å². The van der Waals surface area contributed by atoms with Crippen molar-refractivity contribution in [2.45, 2.75) is 31.7 Å².